The summed E-state index contributed by atoms with van der Waals surface area (Å²) in [5.41, 5.74) is 3.69. The predicted octanol–water partition coefficient (Wildman–Crippen LogP) is 2.99. The Hall–Kier alpha value is -1.36. The quantitative estimate of drug-likeness (QED) is 0.623. The molecule has 1 aromatic rings. The van der Waals surface area contributed by atoms with Crippen LogP contribution in [0, 0.1) is 12.8 Å². The summed E-state index contributed by atoms with van der Waals surface area (Å²) in [6.45, 7) is 12.8. The maximum absolute atomic E-state index is 5.66. The van der Waals surface area contributed by atoms with Crippen molar-refractivity contribution >= 4 is 11.6 Å². The largest absolute Gasteiger partial charge is 0.356 e. The van der Waals surface area contributed by atoms with Gasteiger partial charge in [-0.2, -0.15) is 0 Å². The van der Waals surface area contributed by atoms with Gasteiger partial charge in [0.05, 0.1) is 0 Å². The maximum Gasteiger partial charge on any atom is 0.148 e. The zero-order chi connectivity index (χ0) is 15.6. The fraction of sp³-hybridized carbons (Fsp3) is 0.750. The molecule has 0 bridgehead atoms. The minimum Gasteiger partial charge on any atom is -0.356 e. The van der Waals surface area contributed by atoms with E-state index in [-0.39, 0.29) is 5.41 Å². The summed E-state index contributed by atoms with van der Waals surface area (Å²) >= 11 is 0. The molecule has 0 spiro atoms. The van der Waals surface area contributed by atoms with Gasteiger partial charge < -0.3 is 10.3 Å². The van der Waals surface area contributed by atoms with Crippen LogP contribution in [0.15, 0.2) is 0 Å². The lowest BCUT2D eigenvalue weighted by molar-refractivity contribution is 0.543. The van der Waals surface area contributed by atoms with E-state index in [9.17, 15) is 0 Å². The van der Waals surface area contributed by atoms with Crippen LogP contribution in [0.25, 0.3) is 0 Å². The monoisotopic (exact) mass is 291 g/mol. The molecule has 2 rings (SSSR count). The summed E-state index contributed by atoms with van der Waals surface area (Å²) < 4.78 is 0. The smallest absolute Gasteiger partial charge is 0.148 e. The molecule has 118 valence electrons. The number of rotatable bonds is 6. The topological polar surface area (TPSA) is 67.1 Å². The zero-order valence-corrected chi connectivity index (χ0v) is 14.0. The Morgan fingerprint density at radius 1 is 1.29 bits per heavy atom. The van der Waals surface area contributed by atoms with Crippen molar-refractivity contribution in [3.63, 3.8) is 0 Å². The number of anilines is 2. The number of nitrogens with two attached hydrogens (primary N) is 1. The van der Waals surface area contributed by atoms with Gasteiger partial charge in [0.2, 0.25) is 0 Å². The average molecular weight is 291 g/mol. The van der Waals surface area contributed by atoms with E-state index >= 15 is 0 Å². The molecule has 1 aliphatic rings. The van der Waals surface area contributed by atoms with Crippen molar-refractivity contribution < 1.29 is 0 Å². The highest BCUT2D eigenvalue weighted by atomic mass is 15.3. The van der Waals surface area contributed by atoms with Crippen LogP contribution in [-0.4, -0.2) is 23.1 Å². The van der Waals surface area contributed by atoms with E-state index in [4.69, 9.17) is 10.8 Å². The summed E-state index contributed by atoms with van der Waals surface area (Å²) in [5.74, 6) is 9.11. The van der Waals surface area contributed by atoms with E-state index in [0.717, 1.165) is 48.5 Å². The van der Waals surface area contributed by atoms with Crippen LogP contribution in [0.2, 0.25) is 0 Å². The SMILES string of the molecule is CCCN(CC1CC1)c1nc(C(C)(C)C)nc(NN)c1C. The van der Waals surface area contributed by atoms with Gasteiger partial charge in [0.15, 0.2) is 0 Å². The average Bonchev–Trinajstić information content (AvgIpc) is 3.21. The van der Waals surface area contributed by atoms with Crippen LogP contribution in [0.3, 0.4) is 0 Å². The molecule has 0 aromatic carbocycles. The molecule has 3 N–H and O–H groups in total. The first-order valence-electron chi connectivity index (χ1n) is 7.97. The van der Waals surface area contributed by atoms with Crippen LogP contribution in [0.1, 0.15) is 58.3 Å². The lowest BCUT2D eigenvalue weighted by Crippen LogP contribution is -2.30. The van der Waals surface area contributed by atoms with Crippen LogP contribution in [0.5, 0.6) is 0 Å². The molecule has 21 heavy (non-hydrogen) atoms. The van der Waals surface area contributed by atoms with Crippen LogP contribution >= 0.6 is 0 Å². The summed E-state index contributed by atoms with van der Waals surface area (Å²) in [5, 5.41) is 0. The summed E-state index contributed by atoms with van der Waals surface area (Å²) in [7, 11) is 0. The van der Waals surface area contributed by atoms with Crippen molar-refractivity contribution in [2.24, 2.45) is 11.8 Å². The second kappa shape index (κ2) is 6.18. The highest BCUT2D eigenvalue weighted by Crippen LogP contribution is 2.34. The lowest BCUT2D eigenvalue weighted by Gasteiger charge is -2.28. The summed E-state index contributed by atoms with van der Waals surface area (Å²) in [6.07, 6.45) is 3.81. The molecule has 5 nitrogen and oxygen atoms in total. The third kappa shape index (κ3) is 3.84. The number of hydrogen-bond acceptors (Lipinski definition) is 5. The number of hydrazine groups is 1. The van der Waals surface area contributed by atoms with E-state index in [2.05, 4.69) is 43.0 Å². The Morgan fingerprint density at radius 2 is 1.95 bits per heavy atom. The third-order valence-corrected chi connectivity index (χ3v) is 3.90. The molecule has 1 aromatic heterocycles. The summed E-state index contributed by atoms with van der Waals surface area (Å²) in [4.78, 5) is 11.9. The van der Waals surface area contributed by atoms with Crippen LogP contribution in [-0.2, 0) is 5.41 Å². The highest BCUT2D eigenvalue weighted by Gasteiger charge is 2.28. The second-order valence-corrected chi connectivity index (χ2v) is 7.13. The molecule has 1 aliphatic carbocycles. The van der Waals surface area contributed by atoms with Gasteiger partial charge in [-0.15, -0.1) is 0 Å². The Morgan fingerprint density at radius 3 is 2.43 bits per heavy atom. The Kier molecular flexibility index (Phi) is 4.71. The van der Waals surface area contributed by atoms with Gasteiger partial charge in [-0.05, 0) is 32.1 Å². The summed E-state index contributed by atoms with van der Waals surface area (Å²) in [6, 6.07) is 0. The molecular weight excluding hydrogens is 262 g/mol. The number of hydrogen-bond donors (Lipinski definition) is 2. The molecule has 1 saturated carbocycles. The van der Waals surface area contributed by atoms with E-state index in [1.54, 1.807) is 0 Å². The van der Waals surface area contributed by atoms with Crippen molar-refractivity contribution in [3.8, 4) is 0 Å². The van der Waals surface area contributed by atoms with Gasteiger partial charge in [0, 0.05) is 24.1 Å². The molecule has 0 amide bonds. The van der Waals surface area contributed by atoms with E-state index < -0.39 is 0 Å². The van der Waals surface area contributed by atoms with Crippen LogP contribution < -0.4 is 16.2 Å². The Balaban J connectivity index is 2.42. The molecule has 0 radical (unpaired) electrons. The maximum atomic E-state index is 5.66. The van der Waals surface area contributed by atoms with Gasteiger partial charge in [0.25, 0.3) is 0 Å². The first-order chi connectivity index (χ1) is 9.86. The van der Waals surface area contributed by atoms with Gasteiger partial charge in [0.1, 0.15) is 17.5 Å². The minimum atomic E-state index is -0.0918. The Bertz CT molecular complexity index is 488. The standard InChI is InChI=1S/C16H29N5/c1-6-9-21(10-12-7-8-12)14-11(2)13(20-17)18-15(19-14)16(3,4)5/h12H,6-10,17H2,1-5H3,(H,18,19,20). The molecule has 1 fully saturated rings. The van der Waals surface area contributed by atoms with Crippen molar-refractivity contribution in [1.29, 1.82) is 0 Å². The number of nitrogens with zero attached hydrogens (tertiary/aromatic N) is 3. The van der Waals surface area contributed by atoms with Gasteiger partial charge >= 0.3 is 0 Å². The number of aromatic nitrogens is 2. The molecule has 1 heterocycles. The van der Waals surface area contributed by atoms with Crippen molar-refractivity contribution in [2.75, 3.05) is 23.4 Å². The van der Waals surface area contributed by atoms with Crippen LogP contribution in [0.4, 0.5) is 11.6 Å². The third-order valence-electron chi connectivity index (χ3n) is 3.90. The van der Waals surface area contributed by atoms with Gasteiger partial charge in [-0.25, -0.2) is 15.8 Å². The molecule has 0 saturated heterocycles. The number of nitrogen functional groups attached to an aromatic ring is 1. The molecule has 5 heteroatoms. The second-order valence-electron chi connectivity index (χ2n) is 7.13. The lowest BCUT2D eigenvalue weighted by atomic mass is 9.95. The normalized spacial score (nSPS) is 15.1. The molecule has 0 atom stereocenters. The predicted molar refractivity (Wildman–Crippen MR) is 88.5 cm³/mol. The van der Waals surface area contributed by atoms with Crippen molar-refractivity contribution in [2.45, 2.75) is 59.3 Å². The highest BCUT2D eigenvalue weighted by molar-refractivity contribution is 5.58. The minimum absolute atomic E-state index is 0.0918. The zero-order valence-electron chi connectivity index (χ0n) is 14.0. The van der Waals surface area contributed by atoms with E-state index in [1.807, 2.05) is 6.92 Å². The fourth-order valence-electron chi connectivity index (χ4n) is 2.45. The van der Waals surface area contributed by atoms with Gasteiger partial charge in [-0.3, -0.25) is 0 Å². The van der Waals surface area contributed by atoms with E-state index in [1.165, 1.54) is 12.8 Å². The Labute approximate surface area is 128 Å². The molecule has 0 unspecified atom stereocenters. The first kappa shape index (κ1) is 16.0. The van der Waals surface area contributed by atoms with E-state index in [0.29, 0.717) is 0 Å². The number of nitrogens with one attached hydrogen (secondary N) is 1. The van der Waals surface area contributed by atoms with Crippen molar-refractivity contribution in [1.82, 2.24) is 9.97 Å². The van der Waals surface area contributed by atoms with Gasteiger partial charge in [-0.1, -0.05) is 27.7 Å². The fourth-order valence-corrected chi connectivity index (χ4v) is 2.45. The first-order valence-corrected chi connectivity index (χ1v) is 7.97. The molecule has 0 aliphatic heterocycles. The van der Waals surface area contributed by atoms with Crippen molar-refractivity contribution in [3.05, 3.63) is 11.4 Å². The molecular formula is C16H29N5.